The molecule has 2 nitrogen and oxygen atoms in total. The molecule has 270 valence electrons. The molecule has 55 heavy (non-hydrogen) atoms. The van der Waals surface area contributed by atoms with Crippen molar-refractivity contribution in [1.82, 2.24) is 0 Å². The highest BCUT2D eigenvalue weighted by molar-refractivity contribution is 6.05. The van der Waals surface area contributed by atoms with Crippen LogP contribution in [0.2, 0.25) is 0 Å². The lowest BCUT2D eigenvalue weighted by Gasteiger charge is -2.46. The maximum atomic E-state index is 7.04. The van der Waals surface area contributed by atoms with Crippen LogP contribution in [0.25, 0.3) is 50.1 Å². The van der Waals surface area contributed by atoms with Gasteiger partial charge in [0.2, 0.25) is 0 Å². The maximum Gasteiger partial charge on any atom is 0.0585 e. The van der Waals surface area contributed by atoms with Crippen LogP contribution in [0.3, 0.4) is 0 Å². The summed E-state index contributed by atoms with van der Waals surface area (Å²) in [4.78, 5) is 2.73. The first kappa shape index (κ1) is 33.7. The van der Waals surface area contributed by atoms with Crippen LogP contribution in [0.5, 0.6) is 0 Å². The van der Waals surface area contributed by atoms with Crippen LogP contribution in [0.15, 0.2) is 151 Å². The number of fused-ring (bicyclic) bond motifs is 4. The first-order valence-corrected chi connectivity index (χ1v) is 20.2. The highest BCUT2D eigenvalue weighted by Gasteiger charge is 2.42. The molecule has 0 saturated carbocycles. The molecule has 2 N–H and O–H groups in total. The fourth-order valence-corrected chi connectivity index (χ4v) is 10.0. The Balaban J connectivity index is 1.39. The number of nitrogen functional groups attached to an aromatic ring is 1. The van der Waals surface area contributed by atoms with Crippen LogP contribution < -0.4 is 10.6 Å². The molecule has 1 heterocycles. The number of nitrogens with two attached hydrogens (primary N) is 1. The van der Waals surface area contributed by atoms with Gasteiger partial charge < -0.3 is 10.6 Å². The van der Waals surface area contributed by atoms with E-state index in [0.717, 1.165) is 43.4 Å². The molecule has 0 radical (unpaired) electrons. The molecule has 4 aliphatic rings. The minimum absolute atomic E-state index is 0.133. The van der Waals surface area contributed by atoms with Gasteiger partial charge >= 0.3 is 0 Å². The monoisotopic (exact) mass is 712 g/mol. The number of benzene rings is 6. The summed E-state index contributed by atoms with van der Waals surface area (Å²) < 4.78 is 0. The first-order valence-electron chi connectivity index (χ1n) is 20.2. The minimum Gasteiger partial charge on any atom is -0.398 e. The second kappa shape index (κ2) is 13.2. The van der Waals surface area contributed by atoms with Gasteiger partial charge in [-0.3, -0.25) is 0 Å². The summed E-state index contributed by atoms with van der Waals surface area (Å²) in [6.45, 7) is 7.15. The Morgan fingerprint density at radius 2 is 1.38 bits per heavy atom. The van der Waals surface area contributed by atoms with Crippen LogP contribution >= 0.6 is 0 Å². The molecule has 0 aromatic heterocycles. The molecule has 0 saturated heterocycles. The fraction of sp³-hybridized carbons (Fsp3) is 0.208. The van der Waals surface area contributed by atoms with Crippen molar-refractivity contribution in [3.8, 4) is 44.5 Å². The molecule has 0 atom stereocenters. The van der Waals surface area contributed by atoms with Gasteiger partial charge in [-0.2, -0.15) is 0 Å². The highest BCUT2D eigenvalue weighted by atomic mass is 15.2. The number of nitrogens with zero attached hydrogens (tertiary/aromatic N) is 1. The molecule has 3 aliphatic carbocycles. The Hall–Kier alpha value is -5.86. The van der Waals surface area contributed by atoms with E-state index in [-0.39, 0.29) is 5.41 Å². The SMILES string of the molecule is Cc1cccc2c1N(c1c3c(cc(-c4ccccc4N)c1-c1cc(C4=CCCCC4)cc(-c4ccccc4)c1)-c1ccccc1C3)C1=C(C=CCC1)C2(C)C. The van der Waals surface area contributed by atoms with Gasteiger partial charge in [-0.05, 0) is 148 Å². The lowest BCUT2D eigenvalue weighted by Crippen LogP contribution is -2.36. The zero-order chi connectivity index (χ0) is 37.3. The summed E-state index contributed by atoms with van der Waals surface area (Å²) in [6, 6.07) is 45.3. The van der Waals surface area contributed by atoms with E-state index in [1.807, 2.05) is 0 Å². The average Bonchev–Trinajstić information content (AvgIpc) is 3.60. The van der Waals surface area contributed by atoms with Gasteiger partial charge in [-0.25, -0.2) is 0 Å². The Bertz CT molecular complexity index is 2610. The number of aryl methyl sites for hydroxylation is 1. The molecule has 6 aromatic rings. The average molecular weight is 713 g/mol. The van der Waals surface area contributed by atoms with E-state index in [4.69, 9.17) is 5.73 Å². The van der Waals surface area contributed by atoms with Crippen molar-refractivity contribution in [3.63, 3.8) is 0 Å². The first-order chi connectivity index (χ1) is 26.9. The van der Waals surface area contributed by atoms with Crippen LogP contribution in [0, 0.1) is 6.92 Å². The smallest absolute Gasteiger partial charge is 0.0585 e. The quantitative estimate of drug-likeness (QED) is 0.180. The van der Waals surface area contributed by atoms with E-state index in [1.165, 1.54) is 108 Å². The van der Waals surface area contributed by atoms with Gasteiger partial charge in [-0.1, -0.05) is 123 Å². The fourth-order valence-electron chi connectivity index (χ4n) is 10.0. The normalized spacial score (nSPS) is 16.6. The van der Waals surface area contributed by atoms with E-state index in [9.17, 15) is 0 Å². The van der Waals surface area contributed by atoms with Crippen molar-refractivity contribution < 1.29 is 0 Å². The van der Waals surface area contributed by atoms with E-state index in [0.29, 0.717) is 0 Å². The lowest BCUT2D eigenvalue weighted by molar-refractivity contribution is 0.602. The van der Waals surface area contributed by atoms with Gasteiger partial charge in [0.1, 0.15) is 0 Å². The second-order valence-electron chi connectivity index (χ2n) is 16.5. The molecular weight excluding hydrogens is 665 g/mol. The number of rotatable bonds is 5. The summed E-state index contributed by atoms with van der Waals surface area (Å²) in [6.07, 6.45) is 14.9. The van der Waals surface area contributed by atoms with Crippen molar-refractivity contribution >= 4 is 22.6 Å². The number of allylic oxidation sites excluding steroid dienone is 6. The topological polar surface area (TPSA) is 29.3 Å². The van der Waals surface area contributed by atoms with Crippen molar-refractivity contribution in [2.24, 2.45) is 0 Å². The second-order valence-corrected chi connectivity index (χ2v) is 16.5. The van der Waals surface area contributed by atoms with Crippen LogP contribution in [-0.2, 0) is 11.8 Å². The standard InChI is InChI=1S/C53H48N2/c1-34-17-16-26-47-51(34)55(49-28-15-13-25-46(49)53(47,2)3)52-45-32-37-22-10-11-23-41(37)43(45)33-44(42-24-12-14-27-48(42)54)50(52)40-30-38(35-18-6-4-7-19-35)29-39(31-40)36-20-8-5-9-21-36/h4,6-7,10-14,16-20,22-27,29-31,33H,5,8-9,15,21,28,32,54H2,1-3H3. The summed E-state index contributed by atoms with van der Waals surface area (Å²) in [5.74, 6) is 0. The number of hydrogen-bond donors (Lipinski definition) is 1. The van der Waals surface area contributed by atoms with E-state index >= 15 is 0 Å². The molecular formula is C53H48N2. The third-order valence-corrected chi connectivity index (χ3v) is 12.8. The summed E-state index contributed by atoms with van der Waals surface area (Å²) in [5.41, 5.74) is 31.3. The van der Waals surface area contributed by atoms with Gasteiger partial charge in [0.05, 0.1) is 11.4 Å². The number of anilines is 3. The molecule has 6 aromatic carbocycles. The predicted octanol–water partition coefficient (Wildman–Crippen LogP) is 14.1. The largest absolute Gasteiger partial charge is 0.398 e. The molecule has 0 amide bonds. The number of hydrogen-bond acceptors (Lipinski definition) is 2. The lowest BCUT2D eigenvalue weighted by atomic mass is 9.70. The van der Waals surface area contributed by atoms with Crippen molar-refractivity contribution in [2.75, 3.05) is 10.6 Å². The Morgan fingerprint density at radius 3 is 2.20 bits per heavy atom. The molecule has 10 rings (SSSR count). The van der Waals surface area contributed by atoms with E-state index in [2.05, 4.69) is 165 Å². The zero-order valence-electron chi connectivity index (χ0n) is 32.3. The van der Waals surface area contributed by atoms with Crippen LogP contribution in [0.4, 0.5) is 17.1 Å². The van der Waals surface area contributed by atoms with Crippen molar-refractivity contribution in [2.45, 2.75) is 71.1 Å². The zero-order valence-corrected chi connectivity index (χ0v) is 32.3. The third kappa shape index (κ3) is 5.45. The Labute approximate surface area is 326 Å². The van der Waals surface area contributed by atoms with E-state index in [1.54, 1.807) is 0 Å². The van der Waals surface area contributed by atoms with Gasteiger partial charge in [0.25, 0.3) is 0 Å². The highest BCUT2D eigenvalue weighted by Crippen LogP contribution is 2.59. The molecule has 0 spiro atoms. The Morgan fingerprint density at radius 1 is 0.618 bits per heavy atom. The summed E-state index contributed by atoms with van der Waals surface area (Å²) in [7, 11) is 0. The summed E-state index contributed by atoms with van der Waals surface area (Å²) >= 11 is 0. The van der Waals surface area contributed by atoms with Gasteiger partial charge in [0.15, 0.2) is 0 Å². The van der Waals surface area contributed by atoms with E-state index < -0.39 is 0 Å². The van der Waals surface area contributed by atoms with Gasteiger partial charge in [-0.15, -0.1) is 0 Å². The maximum absolute atomic E-state index is 7.04. The molecule has 2 heteroatoms. The molecule has 0 bridgehead atoms. The van der Waals surface area contributed by atoms with Crippen LogP contribution in [-0.4, -0.2) is 0 Å². The third-order valence-electron chi connectivity index (χ3n) is 12.8. The molecule has 0 unspecified atom stereocenters. The van der Waals surface area contributed by atoms with Crippen molar-refractivity contribution in [3.05, 3.63) is 179 Å². The van der Waals surface area contributed by atoms with Crippen molar-refractivity contribution in [1.29, 1.82) is 0 Å². The van der Waals surface area contributed by atoms with Gasteiger partial charge in [0, 0.05) is 34.3 Å². The van der Waals surface area contributed by atoms with Crippen LogP contribution in [0.1, 0.15) is 80.2 Å². The predicted molar refractivity (Wildman–Crippen MR) is 234 cm³/mol. The number of para-hydroxylation sites is 2. The minimum atomic E-state index is -0.133. The Kier molecular flexibility index (Phi) is 8.06. The molecule has 1 aliphatic heterocycles. The summed E-state index contributed by atoms with van der Waals surface area (Å²) in [5, 5.41) is 0. The molecule has 0 fully saturated rings.